The molecule has 1 saturated heterocycles. The summed E-state index contributed by atoms with van der Waals surface area (Å²) in [5.41, 5.74) is 1.39. The van der Waals surface area contributed by atoms with Gasteiger partial charge in [-0.05, 0) is 26.4 Å². The first-order valence-electron chi connectivity index (χ1n) is 6.82. The molecule has 2 rings (SSSR count). The Morgan fingerprint density at radius 3 is 2.83 bits per heavy atom. The van der Waals surface area contributed by atoms with Gasteiger partial charge < -0.3 is 5.32 Å². The second-order valence-corrected chi connectivity index (χ2v) is 7.24. The number of hydrogen-bond donors (Lipinski definition) is 1. The lowest BCUT2D eigenvalue weighted by Crippen LogP contribution is -2.35. The normalized spacial score (nSPS) is 20.8. The summed E-state index contributed by atoms with van der Waals surface area (Å²) >= 11 is 1.79. The molecule has 0 amide bonds. The van der Waals surface area contributed by atoms with Crippen molar-refractivity contribution < 1.29 is 0 Å². The summed E-state index contributed by atoms with van der Waals surface area (Å²) < 4.78 is 0. The first-order valence-corrected chi connectivity index (χ1v) is 7.70. The third-order valence-corrected chi connectivity index (χ3v) is 4.64. The van der Waals surface area contributed by atoms with Gasteiger partial charge in [-0.2, -0.15) is 0 Å². The van der Waals surface area contributed by atoms with Gasteiger partial charge in [0.1, 0.15) is 0 Å². The molecule has 0 spiro atoms. The summed E-state index contributed by atoms with van der Waals surface area (Å²) in [6.45, 7) is 9.95. The maximum atomic E-state index is 4.75. The topological polar surface area (TPSA) is 28.2 Å². The fourth-order valence-electron chi connectivity index (χ4n) is 2.35. The highest BCUT2D eigenvalue weighted by atomic mass is 32.1. The van der Waals surface area contributed by atoms with Gasteiger partial charge in [0.2, 0.25) is 0 Å². The van der Waals surface area contributed by atoms with Crippen LogP contribution in [0.3, 0.4) is 0 Å². The van der Waals surface area contributed by atoms with Crippen LogP contribution in [0.1, 0.15) is 44.3 Å². The molecule has 0 saturated carbocycles. The van der Waals surface area contributed by atoms with E-state index in [1.807, 2.05) is 0 Å². The average molecular weight is 267 g/mol. The number of thiazole rings is 1. The molecule has 1 aromatic heterocycles. The van der Waals surface area contributed by atoms with Crippen LogP contribution >= 0.6 is 11.3 Å². The second-order valence-electron chi connectivity index (χ2n) is 6.38. The Balaban J connectivity index is 1.86. The van der Waals surface area contributed by atoms with E-state index in [9.17, 15) is 0 Å². The van der Waals surface area contributed by atoms with Gasteiger partial charge in [0.15, 0.2) is 0 Å². The lowest BCUT2D eigenvalue weighted by atomic mass is 9.98. The smallest absolute Gasteiger partial charge is 0.0982 e. The molecule has 1 aliphatic rings. The Labute approximate surface area is 115 Å². The second kappa shape index (κ2) is 5.68. The third kappa shape index (κ3) is 3.77. The Hall–Kier alpha value is -0.450. The molecule has 0 radical (unpaired) electrons. The predicted molar refractivity (Wildman–Crippen MR) is 78.2 cm³/mol. The summed E-state index contributed by atoms with van der Waals surface area (Å²) in [4.78, 5) is 7.13. The average Bonchev–Trinajstić information content (AvgIpc) is 2.87. The molecule has 0 aromatic carbocycles. The Morgan fingerprint density at radius 2 is 2.28 bits per heavy atom. The van der Waals surface area contributed by atoms with Crippen molar-refractivity contribution in [3.8, 4) is 0 Å². The lowest BCUT2D eigenvalue weighted by Gasteiger charge is -2.20. The molecule has 1 fully saturated rings. The number of aromatic nitrogens is 1. The number of nitrogens with one attached hydrogen (secondary N) is 1. The van der Waals surface area contributed by atoms with Gasteiger partial charge in [0.25, 0.3) is 0 Å². The maximum Gasteiger partial charge on any atom is 0.0982 e. The molecule has 18 heavy (non-hydrogen) atoms. The molecule has 1 aromatic rings. The number of likely N-dealkylation sites (N-methyl/N-ethyl adjacent to an activating group) is 1. The molecule has 1 atom stereocenters. The molecular weight excluding hydrogens is 242 g/mol. The van der Waals surface area contributed by atoms with E-state index < -0.39 is 0 Å². The van der Waals surface area contributed by atoms with Crippen molar-refractivity contribution in [1.29, 1.82) is 0 Å². The summed E-state index contributed by atoms with van der Waals surface area (Å²) in [6, 6.07) is 0.677. The zero-order chi connectivity index (χ0) is 13.2. The van der Waals surface area contributed by atoms with Gasteiger partial charge in [-0.3, -0.25) is 4.90 Å². The summed E-state index contributed by atoms with van der Waals surface area (Å²) in [5, 5.41) is 6.99. The fourth-order valence-corrected chi connectivity index (χ4v) is 3.25. The van der Waals surface area contributed by atoms with E-state index in [0.29, 0.717) is 6.04 Å². The molecule has 1 N–H and O–H groups in total. The highest BCUT2D eigenvalue weighted by molar-refractivity contribution is 7.09. The van der Waals surface area contributed by atoms with E-state index in [1.54, 1.807) is 11.3 Å². The van der Waals surface area contributed by atoms with Gasteiger partial charge in [-0.1, -0.05) is 20.8 Å². The molecule has 0 bridgehead atoms. The van der Waals surface area contributed by atoms with E-state index in [4.69, 9.17) is 4.98 Å². The van der Waals surface area contributed by atoms with Crippen molar-refractivity contribution in [2.24, 2.45) is 0 Å². The first kappa shape index (κ1) is 14.0. The number of hydrogen-bond acceptors (Lipinski definition) is 4. The molecule has 1 unspecified atom stereocenters. The van der Waals surface area contributed by atoms with E-state index in [2.05, 4.69) is 43.4 Å². The minimum atomic E-state index is 0.175. The van der Waals surface area contributed by atoms with Crippen LogP contribution in [0.2, 0.25) is 0 Å². The molecule has 3 nitrogen and oxygen atoms in total. The predicted octanol–water partition coefficient (Wildman–Crippen LogP) is 2.62. The Bertz CT molecular complexity index is 375. The molecule has 102 valence electrons. The maximum absolute atomic E-state index is 4.75. The number of rotatable bonds is 4. The zero-order valence-electron chi connectivity index (χ0n) is 12.0. The monoisotopic (exact) mass is 267 g/mol. The van der Waals surface area contributed by atoms with E-state index in [0.717, 1.165) is 13.1 Å². The standard InChI is InChI=1S/C14H25N3S/c1-14(2,3)13-16-12(10-18-13)9-17(4)8-11-6-5-7-15-11/h10-11,15H,5-9H2,1-4H3. The van der Waals surface area contributed by atoms with Crippen LogP contribution in [0.25, 0.3) is 0 Å². The highest BCUT2D eigenvalue weighted by Crippen LogP contribution is 2.25. The van der Waals surface area contributed by atoms with Gasteiger partial charge in [-0.15, -0.1) is 11.3 Å². The largest absolute Gasteiger partial charge is 0.313 e. The molecule has 1 aliphatic heterocycles. The summed E-state index contributed by atoms with van der Waals surface area (Å²) in [6.07, 6.45) is 2.64. The van der Waals surface area contributed by atoms with Gasteiger partial charge >= 0.3 is 0 Å². The van der Waals surface area contributed by atoms with Crippen LogP contribution in [0.15, 0.2) is 5.38 Å². The summed E-state index contributed by atoms with van der Waals surface area (Å²) in [5.74, 6) is 0. The summed E-state index contributed by atoms with van der Waals surface area (Å²) in [7, 11) is 2.19. The molecule has 4 heteroatoms. The van der Waals surface area contributed by atoms with Crippen LogP contribution < -0.4 is 5.32 Å². The molecule has 0 aliphatic carbocycles. The number of nitrogens with zero attached hydrogens (tertiary/aromatic N) is 2. The highest BCUT2D eigenvalue weighted by Gasteiger charge is 2.19. The van der Waals surface area contributed by atoms with Crippen LogP contribution in [-0.2, 0) is 12.0 Å². The minimum Gasteiger partial charge on any atom is -0.313 e. The lowest BCUT2D eigenvalue weighted by molar-refractivity contribution is 0.290. The van der Waals surface area contributed by atoms with Crippen LogP contribution in [0.4, 0.5) is 0 Å². The quantitative estimate of drug-likeness (QED) is 0.909. The SMILES string of the molecule is CN(Cc1csc(C(C)(C)C)n1)CC1CCCN1. The fraction of sp³-hybridized carbons (Fsp3) is 0.786. The third-order valence-electron chi connectivity index (χ3n) is 3.32. The van der Waals surface area contributed by atoms with Gasteiger partial charge in [0.05, 0.1) is 10.7 Å². The van der Waals surface area contributed by atoms with Gasteiger partial charge in [-0.25, -0.2) is 4.98 Å². The van der Waals surface area contributed by atoms with Gasteiger partial charge in [0, 0.05) is 29.9 Å². The van der Waals surface area contributed by atoms with Crippen LogP contribution in [0, 0.1) is 0 Å². The van der Waals surface area contributed by atoms with Crippen molar-refractivity contribution in [3.05, 3.63) is 16.1 Å². The van der Waals surface area contributed by atoms with Crippen LogP contribution in [0.5, 0.6) is 0 Å². The Morgan fingerprint density at radius 1 is 1.50 bits per heavy atom. The Kier molecular flexibility index (Phi) is 4.41. The van der Waals surface area contributed by atoms with Crippen molar-refractivity contribution >= 4 is 11.3 Å². The van der Waals surface area contributed by atoms with Crippen molar-refractivity contribution in [2.75, 3.05) is 20.1 Å². The van der Waals surface area contributed by atoms with E-state index >= 15 is 0 Å². The van der Waals surface area contributed by atoms with E-state index in [1.165, 1.54) is 30.1 Å². The molecule has 2 heterocycles. The van der Waals surface area contributed by atoms with Crippen LogP contribution in [-0.4, -0.2) is 36.1 Å². The zero-order valence-corrected chi connectivity index (χ0v) is 12.8. The minimum absolute atomic E-state index is 0.175. The first-order chi connectivity index (χ1) is 8.45. The van der Waals surface area contributed by atoms with Crippen molar-refractivity contribution in [3.63, 3.8) is 0 Å². The van der Waals surface area contributed by atoms with E-state index in [-0.39, 0.29) is 5.41 Å². The van der Waals surface area contributed by atoms with Crippen molar-refractivity contribution in [1.82, 2.24) is 15.2 Å². The molecular formula is C14H25N3S. The van der Waals surface area contributed by atoms with Crippen molar-refractivity contribution in [2.45, 2.75) is 51.6 Å².